The van der Waals surface area contributed by atoms with Crippen LogP contribution in [0, 0.1) is 5.92 Å². The van der Waals surface area contributed by atoms with Gasteiger partial charge in [-0.1, -0.05) is 18.2 Å². The summed E-state index contributed by atoms with van der Waals surface area (Å²) >= 11 is 1.91. The third kappa shape index (κ3) is 6.51. The van der Waals surface area contributed by atoms with Gasteiger partial charge in [-0.3, -0.25) is 9.79 Å². The van der Waals surface area contributed by atoms with Crippen molar-refractivity contribution < 1.29 is 4.79 Å². The van der Waals surface area contributed by atoms with Gasteiger partial charge in [0.2, 0.25) is 5.91 Å². The lowest BCUT2D eigenvalue weighted by molar-refractivity contribution is -0.127. The molecule has 1 aliphatic heterocycles. The number of carbonyl (C=O) groups is 1. The van der Waals surface area contributed by atoms with E-state index >= 15 is 0 Å². The van der Waals surface area contributed by atoms with Crippen LogP contribution in [0.15, 0.2) is 40.2 Å². The van der Waals surface area contributed by atoms with Crippen molar-refractivity contribution in [2.24, 2.45) is 10.9 Å². The van der Waals surface area contributed by atoms with Gasteiger partial charge in [0.15, 0.2) is 5.96 Å². The molecule has 1 N–H and O–H groups in total. The molecule has 0 spiro atoms. The SMILES string of the molecule is CN=C(NCC(=O)N(C)C)N1CCC(CSc2ccccc2)C1.I. The van der Waals surface area contributed by atoms with Crippen LogP contribution in [-0.2, 0) is 4.79 Å². The van der Waals surface area contributed by atoms with Crippen molar-refractivity contribution in [1.82, 2.24) is 15.1 Å². The molecule has 0 bridgehead atoms. The van der Waals surface area contributed by atoms with Crippen molar-refractivity contribution in [3.8, 4) is 0 Å². The summed E-state index contributed by atoms with van der Waals surface area (Å²) in [4.78, 5) is 21.2. The smallest absolute Gasteiger partial charge is 0.241 e. The molecule has 1 aliphatic rings. The number of halogens is 1. The van der Waals surface area contributed by atoms with E-state index in [0.717, 1.165) is 24.8 Å². The fourth-order valence-electron chi connectivity index (χ4n) is 2.54. The van der Waals surface area contributed by atoms with E-state index in [1.807, 2.05) is 17.8 Å². The zero-order chi connectivity index (χ0) is 16.7. The number of benzene rings is 1. The molecule has 2 rings (SSSR count). The monoisotopic (exact) mass is 462 g/mol. The Hall–Kier alpha value is -0.960. The molecule has 0 saturated carbocycles. The largest absolute Gasteiger partial charge is 0.347 e. The highest BCUT2D eigenvalue weighted by atomic mass is 127. The van der Waals surface area contributed by atoms with Crippen LogP contribution in [0.2, 0.25) is 0 Å². The summed E-state index contributed by atoms with van der Waals surface area (Å²) in [5.74, 6) is 2.66. The number of hydrogen-bond acceptors (Lipinski definition) is 3. The van der Waals surface area contributed by atoms with Gasteiger partial charge in [-0.05, 0) is 24.5 Å². The molecule has 1 aromatic carbocycles. The van der Waals surface area contributed by atoms with Gasteiger partial charge < -0.3 is 15.1 Å². The van der Waals surface area contributed by atoms with Gasteiger partial charge in [0, 0.05) is 44.9 Å². The Bertz CT molecular complexity index is 539. The van der Waals surface area contributed by atoms with Crippen molar-refractivity contribution in [2.45, 2.75) is 11.3 Å². The van der Waals surface area contributed by atoms with Crippen molar-refractivity contribution in [3.63, 3.8) is 0 Å². The number of likely N-dealkylation sites (N-methyl/N-ethyl adjacent to an activating group) is 1. The van der Waals surface area contributed by atoms with Gasteiger partial charge in [0.25, 0.3) is 0 Å². The first kappa shape index (κ1) is 21.1. The second-order valence-electron chi connectivity index (χ2n) is 5.91. The topological polar surface area (TPSA) is 47.9 Å². The average Bonchev–Trinajstić information content (AvgIpc) is 3.03. The minimum atomic E-state index is 0. The molecule has 1 fully saturated rings. The number of hydrogen-bond donors (Lipinski definition) is 1. The Morgan fingerprint density at radius 2 is 2.08 bits per heavy atom. The third-order valence-corrected chi connectivity index (χ3v) is 5.17. The first-order valence-corrected chi connectivity index (χ1v) is 8.92. The fraction of sp³-hybridized carbons (Fsp3) is 0.529. The summed E-state index contributed by atoms with van der Waals surface area (Å²) in [7, 11) is 5.30. The Kier molecular flexibility index (Phi) is 9.50. The summed E-state index contributed by atoms with van der Waals surface area (Å²) in [6.07, 6.45) is 1.17. The van der Waals surface area contributed by atoms with E-state index < -0.39 is 0 Å². The van der Waals surface area contributed by atoms with E-state index in [1.165, 1.54) is 11.3 Å². The minimum absolute atomic E-state index is 0. The van der Waals surface area contributed by atoms with Gasteiger partial charge in [-0.15, -0.1) is 35.7 Å². The highest BCUT2D eigenvalue weighted by Crippen LogP contribution is 2.25. The highest BCUT2D eigenvalue weighted by molar-refractivity contribution is 14.0. The predicted molar refractivity (Wildman–Crippen MR) is 112 cm³/mol. The molecule has 24 heavy (non-hydrogen) atoms. The van der Waals surface area contributed by atoms with Crippen LogP contribution in [0.1, 0.15) is 6.42 Å². The zero-order valence-corrected chi connectivity index (χ0v) is 17.7. The number of likely N-dealkylation sites (tertiary alicyclic amines) is 1. The van der Waals surface area contributed by atoms with Crippen molar-refractivity contribution in [2.75, 3.05) is 46.5 Å². The Morgan fingerprint density at radius 1 is 1.38 bits per heavy atom. The summed E-state index contributed by atoms with van der Waals surface area (Å²) in [5, 5.41) is 3.16. The highest BCUT2D eigenvalue weighted by Gasteiger charge is 2.25. The lowest BCUT2D eigenvalue weighted by Gasteiger charge is -2.22. The van der Waals surface area contributed by atoms with E-state index in [-0.39, 0.29) is 29.9 Å². The molecule has 1 amide bonds. The zero-order valence-electron chi connectivity index (χ0n) is 14.6. The minimum Gasteiger partial charge on any atom is -0.347 e. The fourth-order valence-corrected chi connectivity index (χ4v) is 3.59. The molecular formula is C17H27IN4OS. The van der Waals surface area contributed by atoms with Crippen LogP contribution in [0.25, 0.3) is 0 Å². The van der Waals surface area contributed by atoms with E-state index in [1.54, 1.807) is 26.0 Å². The van der Waals surface area contributed by atoms with Crippen molar-refractivity contribution in [3.05, 3.63) is 30.3 Å². The Labute approximate surface area is 166 Å². The van der Waals surface area contributed by atoms with E-state index in [0.29, 0.717) is 12.5 Å². The van der Waals surface area contributed by atoms with Gasteiger partial charge >= 0.3 is 0 Å². The number of rotatable bonds is 5. The third-order valence-electron chi connectivity index (χ3n) is 3.92. The quantitative estimate of drug-likeness (QED) is 0.316. The molecular weight excluding hydrogens is 435 g/mol. The summed E-state index contributed by atoms with van der Waals surface area (Å²) in [6, 6.07) is 10.5. The number of thioether (sulfide) groups is 1. The number of carbonyl (C=O) groups excluding carboxylic acids is 1. The van der Waals surface area contributed by atoms with Crippen LogP contribution in [0.5, 0.6) is 0 Å². The van der Waals surface area contributed by atoms with Crippen LogP contribution in [-0.4, -0.2) is 68.2 Å². The molecule has 1 atom stereocenters. The summed E-state index contributed by atoms with van der Waals surface area (Å²) in [6.45, 7) is 2.28. The number of amides is 1. The summed E-state index contributed by atoms with van der Waals surface area (Å²) in [5.41, 5.74) is 0. The lowest BCUT2D eigenvalue weighted by Crippen LogP contribution is -2.44. The number of aliphatic imine (C=N–C) groups is 1. The normalized spacial score (nSPS) is 17.4. The van der Waals surface area contributed by atoms with Crippen LogP contribution >= 0.6 is 35.7 Å². The summed E-state index contributed by atoms with van der Waals surface area (Å²) < 4.78 is 0. The van der Waals surface area contributed by atoms with Crippen LogP contribution in [0.4, 0.5) is 0 Å². The maximum atomic E-state index is 11.7. The van der Waals surface area contributed by atoms with Gasteiger partial charge in [-0.25, -0.2) is 0 Å². The average molecular weight is 462 g/mol. The molecule has 0 radical (unpaired) electrons. The first-order chi connectivity index (χ1) is 11.1. The van der Waals surface area contributed by atoms with Crippen molar-refractivity contribution >= 4 is 47.6 Å². The second kappa shape index (κ2) is 10.8. The van der Waals surface area contributed by atoms with E-state index in [9.17, 15) is 4.79 Å². The molecule has 1 heterocycles. The van der Waals surface area contributed by atoms with E-state index in [2.05, 4.69) is 39.5 Å². The van der Waals surface area contributed by atoms with Crippen LogP contribution in [0.3, 0.4) is 0 Å². The van der Waals surface area contributed by atoms with E-state index in [4.69, 9.17) is 0 Å². The number of nitrogens with zero attached hydrogens (tertiary/aromatic N) is 3. The molecule has 5 nitrogen and oxygen atoms in total. The number of guanidine groups is 1. The molecule has 0 aliphatic carbocycles. The standard InChI is InChI=1S/C17H26N4OS.HI/c1-18-17(19-11-16(22)20(2)3)21-10-9-14(12-21)13-23-15-7-5-4-6-8-15;/h4-8,14H,9-13H2,1-3H3,(H,18,19);1H. The molecule has 1 aromatic rings. The molecule has 1 saturated heterocycles. The Morgan fingerprint density at radius 3 is 2.71 bits per heavy atom. The number of nitrogens with one attached hydrogen (secondary N) is 1. The lowest BCUT2D eigenvalue weighted by atomic mass is 10.2. The maximum absolute atomic E-state index is 11.7. The molecule has 134 valence electrons. The van der Waals surface area contributed by atoms with Crippen LogP contribution < -0.4 is 5.32 Å². The second-order valence-corrected chi connectivity index (χ2v) is 7.01. The maximum Gasteiger partial charge on any atom is 0.241 e. The molecule has 1 unspecified atom stereocenters. The van der Waals surface area contributed by atoms with Crippen molar-refractivity contribution in [1.29, 1.82) is 0 Å². The Balaban J connectivity index is 0.00000288. The van der Waals surface area contributed by atoms with Gasteiger partial charge in [0.1, 0.15) is 0 Å². The molecule has 7 heteroatoms. The first-order valence-electron chi connectivity index (χ1n) is 7.93. The predicted octanol–water partition coefficient (Wildman–Crippen LogP) is 2.38. The molecule has 0 aromatic heterocycles. The van der Waals surface area contributed by atoms with Gasteiger partial charge in [-0.2, -0.15) is 0 Å². The van der Waals surface area contributed by atoms with Gasteiger partial charge in [0.05, 0.1) is 6.54 Å².